The summed E-state index contributed by atoms with van der Waals surface area (Å²) in [6.45, 7) is 4.06. The third-order valence-electron chi connectivity index (χ3n) is 6.12. The normalized spacial score (nSPS) is 19.1. The molecule has 0 radical (unpaired) electrons. The van der Waals surface area contributed by atoms with Gasteiger partial charge in [-0.1, -0.05) is 6.92 Å². The van der Waals surface area contributed by atoms with Gasteiger partial charge in [0.1, 0.15) is 0 Å². The molecule has 1 saturated carbocycles. The molecule has 1 aromatic carbocycles. The summed E-state index contributed by atoms with van der Waals surface area (Å²) in [6.07, 6.45) is 6.88. The first kappa shape index (κ1) is 20.2. The van der Waals surface area contributed by atoms with Crippen LogP contribution in [0.5, 0.6) is 0 Å². The third-order valence-corrected chi connectivity index (χ3v) is 6.12. The van der Waals surface area contributed by atoms with Crippen LogP contribution in [0.4, 0.5) is 11.4 Å². The standard InChI is InChI=1S/C23H29N5O2/c1-15-8-10-18(11-9-15)27-14-17-12-20(22(26(3)4)13-19(17)25-27)24-23(29)21-7-5-6-16(2)28(21)30/h5-7,12-15,18H,8-11H2,1-4H3,(H-,24,29,30)/p+1. The lowest BCUT2D eigenvalue weighted by Crippen LogP contribution is -2.42. The summed E-state index contributed by atoms with van der Waals surface area (Å²) < 4.78 is 3.01. The van der Waals surface area contributed by atoms with E-state index in [-0.39, 0.29) is 11.6 Å². The molecular formula is C23H30N5O2+. The molecule has 1 fully saturated rings. The maximum atomic E-state index is 12.9. The Balaban J connectivity index is 1.67. The molecule has 0 unspecified atom stereocenters. The average Bonchev–Trinajstić information content (AvgIpc) is 3.12. The van der Waals surface area contributed by atoms with Gasteiger partial charge in [0.25, 0.3) is 0 Å². The number of benzene rings is 1. The number of nitrogens with one attached hydrogen (secondary N) is 1. The van der Waals surface area contributed by atoms with Gasteiger partial charge < -0.3 is 10.2 Å². The molecule has 0 atom stereocenters. The Morgan fingerprint density at radius 3 is 2.67 bits per heavy atom. The second kappa shape index (κ2) is 7.97. The van der Waals surface area contributed by atoms with E-state index in [0.29, 0.717) is 17.4 Å². The maximum Gasteiger partial charge on any atom is 0.325 e. The number of amides is 1. The van der Waals surface area contributed by atoms with E-state index in [9.17, 15) is 10.0 Å². The largest absolute Gasteiger partial charge is 0.376 e. The second-order valence-electron chi connectivity index (χ2n) is 8.66. The zero-order valence-electron chi connectivity index (χ0n) is 18.1. The van der Waals surface area contributed by atoms with Crippen molar-refractivity contribution in [3.05, 3.63) is 47.9 Å². The first-order valence-electron chi connectivity index (χ1n) is 10.6. The minimum absolute atomic E-state index is 0.187. The van der Waals surface area contributed by atoms with Crippen molar-refractivity contribution in [2.45, 2.75) is 45.6 Å². The van der Waals surface area contributed by atoms with Gasteiger partial charge in [-0.15, -0.1) is 0 Å². The molecule has 7 heteroatoms. The molecule has 158 valence electrons. The highest BCUT2D eigenvalue weighted by Gasteiger charge is 2.24. The van der Waals surface area contributed by atoms with Gasteiger partial charge in [0.15, 0.2) is 0 Å². The van der Waals surface area contributed by atoms with Gasteiger partial charge in [-0.3, -0.25) is 14.7 Å². The van der Waals surface area contributed by atoms with Gasteiger partial charge in [0.2, 0.25) is 5.69 Å². The van der Waals surface area contributed by atoms with Crippen LogP contribution in [0.2, 0.25) is 0 Å². The number of rotatable bonds is 4. The third kappa shape index (κ3) is 3.84. The summed E-state index contributed by atoms with van der Waals surface area (Å²) >= 11 is 0. The number of anilines is 2. The van der Waals surface area contributed by atoms with Gasteiger partial charge in [-0.2, -0.15) is 5.10 Å². The van der Waals surface area contributed by atoms with Crippen LogP contribution in [-0.4, -0.2) is 35.0 Å². The molecule has 2 N–H and O–H groups in total. The minimum Gasteiger partial charge on any atom is -0.376 e. The van der Waals surface area contributed by atoms with Crippen LogP contribution in [-0.2, 0) is 0 Å². The van der Waals surface area contributed by atoms with Crippen LogP contribution in [0.15, 0.2) is 36.5 Å². The number of fused-ring (bicyclic) bond motifs is 1. The molecule has 1 aliphatic rings. The fourth-order valence-electron chi connectivity index (χ4n) is 4.21. The molecule has 30 heavy (non-hydrogen) atoms. The van der Waals surface area contributed by atoms with Crippen molar-refractivity contribution >= 4 is 28.2 Å². The van der Waals surface area contributed by atoms with Gasteiger partial charge >= 0.3 is 11.6 Å². The summed E-state index contributed by atoms with van der Waals surface area (Å²) in [7, 11) is 3.88. The monoisotopic (exact) mass is 408 g/mol. The number of aromatic nitrogens is 3. The van der Waals surface area contributed by atoms with Crippen molar-refractivity contribution in [2.75, 3.05) is 24.3 Å². The fraction of sp³-hybridized carbons (Fsp3) is 0.435. The van der Waals surface area contributed by atoms with E-state index >= 15 is 0 Å². The van der Waals surface area contributed by atoms with E-state index in [0.717, 1.165) is 40.1 Å². The number of carbonyl (C=O) groups is 1. The van der Waals surface area contributed by atoms with Crippen molar-refractivity contribution in [1.29, 1.82) is 0 Å². The molecule has 0 spiro atoms. The van der Waals surface area contributed by atoms with Crippen LogP contribution in [0.1, 0.15) is 54.8 Å². The van der Waals surface area contributed by atoms with Crippen molar-refractivity contribution in [2.24, 2.45) is 5.92 Å². The van der Waals surface area contributed by atoms with Crippen LogP contribution >= 0.6 is 0 Å². The number of nitrogens with zero attached hydrogens (tertiary/aromatic N) is 4. The van der Waals surface area contributed by atoms with Gasteiger partial charge in [-0.05, 0) is 49.8 Å². The number of carbonyl (C=O) groups excluding carboxylic acids is 1. The highest BCUT2D eigenvalue weighted by Crippen LogP contribution is 2.34. The number of hydrogen-bond donors (Lipinski definition) is 2. The second-order valence-corrected chi connectivity index (χ2v) is 8.66. The van der Waals surface area contributed by atoms with E-state index in [4.69, 9.17) is 5.10 Å². The van der Waals surface area contributed by atoms with Crippen molar-refractivity contribution in [3.63, 3.8) is 0 Å². The molecule has 7 nitrogen and oxygen atoms in total. The fourth-order valence-corrected chi connectivity index (χ4v) is 4.21. The molecule has 1 aliphatic carbocycles. The Morgan fingerprint density at radius 1 is 1.23 bits per heavy atom. The first-order chi connectivity index (χ1) is 14.3. The number of aryl methyl sites for hydroxylation is 1. The van der Waals surface area contributed by atoms with E-state index in [1.165, 1.54) is 12.8 Å². The van der Waals surface area contributed by atoms with Crippen LogP contribution in [0.3, 0.4) is 0 Å². The lowest BCUT2D eigenvalue weighted by atomic mass is 9.87. The molecule has 2 heterocycles. The quantitative estimate of drug-likeness (QED) is 0.507. The molecule has 4 rings (SSSR count). The summed E-state index contributed by atoms with van der Waals surface area (Å²) in [4.78, 5) is 14.8. The Labute approximate surface area is 176 Å². The summed E-state index contributed by atoms with van der Waals surface area (Å²) in [5.74, 6) is 0.432. The summed E-state index contributed by atoms with van der Waals surface area (Å²) in [5, 5.41) is 19.0. The Hall–Kier alpha value is -3.09. The Kier molecular flexibility index (Phi) is 5.37. The molecule has 3 aromatic rings. The van der Waals surface area contributed by atoms with Gasteiger partial charge in [0.05, 0.1) is 22.9 Å². The lowest BCUT2D eigenvalue weighted by Gasteiger charge is -2.26. The van der Waals surface area contributed by atoms with E-state index in [1.807, 2.05) is 31.1 Å². The highest BCUT2D eigenvalue weighted by atomic mass is 16.5. The number of pyridine rings is 1. The van der Waals surface area contributed by atoms with Crippen LogP contribution in [0.25, 0.3) is 10.9 Å². The predicted octanol–water partition coefficient (Wildman–Crippen LogP) is 3.94. The molecule has 0 saturated heterocycles. The van der Waals surface area contributed by atoms with Crippen molar-refractivity contribution in [3.8, 4) is 0 Å². The van der Waals surface area contributed by atoms with Gasteiger partial charge in [0, 0.05) is 49.5 Å². The molecule has 2 aromatic heterocycles. The lowest BCUT2D eigenvalue weighted by molar-refractivity contribution is -0.909. The summed E-state index contributed by atoms with van der Waals surface area (Å²) in [6, 6.07) is 9.51. The van der Waals surface area contributed by atoms with E-state index in [2.05, 4.69) is 23.1 Å². The molecule has 0 bridgehead atoms. The molecular weight excluding hydrogens is 378 g/mol. The molecule has 1 amide bonds. The highest BCUT2D eigenvalue weighted by molar-refractivity contribution is 6.05. The van der Waals surface area contributed by atoms with E-state index in [1.54, 1.807) is 25.1 Å². The molecule has 0 aliphatic heterocycles. The van der Waals surface area contributed by atoms with E-state index < -0.39 is 0 Å². The minimum atomic E-state index is -0.364. The topological polar surface area (TPSA) is 74.3 Å². The Morgan fingerprint density at radius 2 is 1.97 bits per heavy atom. The average molecular weight is 409 g/mol. The number of hydrogen-bond acceptors (Lipinski definition) is 4. The predicted molar refractivity (Wildman–Crippen MR) is 117 cm³/mol. The first-order valence-corrected chi connectivity index (χ1v) is 10.6. The Bertz CT molecular complexity index is 1080. The SMILES string of the molecule is Cc1cccc(C(=O)Nc2cc3cn(C4CCC(C)CC4)nc3cc2N(C)C)[n+]1O. The smallest absolute Gasteiger partial charge is 0.325 e. The zero-order valence-corrected chi connectivity index (χ0v) is 18.1. The summed E-state index contributed by atoms with van der Waals surface area (Å²) in [5.41, 5.74) is 3.26. The van der Waals surface area contributed by atoms with Crippen LogP contribution < -0.4 is 14.9 Å². The van der Waals surface area contributed by atoms with Gasteiger partial charge in [-0.25, -0.2) is 0 Å². The zero-order chi connectivity index (χ0) is 21.4. The maximum absolute atomic E-state index is 12.9. The van der Waals surface area contributed by atoms with Crippen molar-refractivity contribution in [1.82, 2.24) is 9.78 Å². The van der Waals surface area contributed by atoms with Crippen molar-refractivity contribution < 1.29 is 14.7 Å². The van der Waals surface area contributed by atoms with Crippen LogP contribution in [0, 0.1) is 12.8 Å².